The van der Waals surface area contributed by atoms with Crippen molar-refractivity contribution in [1.82, 2.24) is 0 Å². The van der Waals surface area contributed by atoms with Gasteiger partial charge < -0.3 is 14.7 Å². The van der Waals surface area contributed by atoms with E-state index in [9.17, 15) is 0 Å². The minimum Gasteiger partial charge on any atom is -0.491 e. The van der Waals surface area contributed by atoms with Crippen molar-refractivity contribution in [3.8, 4) is 5.75 Å². The minimum atomic E-state index is 0.272. The number of nitrogens with zero attached hydrogens (tertiary/aromatic N) is 1. The zero-order chi connectivity index (χ0) is 9.80. The quantitative estimate of drug-likeness (QED) is 0.339. The van der Waals surface area contributed by atoms with Crippen molar-refractivity contribution in [2.45, 2.75) is 6.10 Å². The van der Waals surface area contributed by atoms with Crippen molar-refractivity contribution in [1.29, 1.82) is 0 Å². The number of oxime groups is 1. The van der Waals surface area contributed by atoms with Crippen LogP contribution in [-0.2, 0) is 4.74 Å². The fourth-order valence-electron chi connectivity index (χ4n) is 1.07. The van der Waals surface area contributed by atoms with E-state index in [-0.39, 0.29) is 6.10 Å². The summed E-state index contributed by atoms with van der Waals surface area (Å²) in [5.41, 5.74) is 0.836. The number of ether oxygens (including phenoxy) is 2. The topological polar surface area (TPSA) is 54.4 Å². The van der Waals surface area contributed by atoms with Gasteiger partial charge >= 0.3 is 0 Å². The Bertz CT molecular complexity index is 317. The summed E-state index contributed by atoms with van der Waals surface area (Å²) in [6.45, 7) is 1.41. The molecule has 1 aliphatic heterocycles. The summed E-state index contributed by atoms with van der Waals surface area (Å²) in [4.78, 5) is 0. The van der Waals surface area contributed by atoms with E-state index in [1.807, 2.05) is 24.3 Å². The lowest BCUT2D eigenvalue weighted by atomic mass is 10.2. The standard InChI is InChI=1S/C10H11NO3/c12-11-5-8-1-3-9(4-2-8)13-6-10-7-14-10/h1-5,10,12H,6-7H2/b11-5+. The molecule has 0 spiro atoms. The van der Waals surface area contributed by atoms with Gasteiger partial charge in [0.2, 0.25) is 0 Å². The van der Waals surface area contributed by atoms with E-state index in [1.54, 1.807) is 0 Å². The molecule has 0 saturated carbocycles. The summed E-state index contributed by atoms with van der Waals surface area (Å²) < 4.78 is 10.4. The fraction of sp³-hybridized carbons (Fsp3) is 0.300. The number of epoxide rings is 1. The van der Waals surface area contributed by atoms with Crippen LogP contribution in [0.15, 0.2) is 29.4 Å². The van der Waals surface area contributed by atoms with E-state index in [1.165, 1.54) is 6.21 Å². The highest BCUT2D eigenvalue weighted by atomic mass is 16.6. The first-order valence-electron chi connectivity index (χ1n) is 4.40. The molecule has 4 heteroatoms. The maximum absolute atomic E-state index is 8.30. The van der Waals surface area contributed by atoms with E-state index in [0.29, 0.717) is 6.61 Å². The van der Waals surface area contributed by atoms with E-state index < -0.39 is 0 Å². The molecular weight excluding hydrogens is 182 g/mol. The van der Waals surface area contributed by atoms with Crippen LogP contribution in [0.25, 0.3) is 0 Å². The number of hydrogen-bond acceptors (Lipinski definition) is 4. The van der Waals surface area contributed by atoms with Crippen molar-refractivity contribution in [2.75, 3.05) is 13.2 Å². The van der Waals surface area contributed by atoms with Crippen LogP contribution in [0.3, 0.4) is 0 Å². The van der Waals surface area contributed by atoms with Gasteiger partial charge in [-0.15, -0.1) is 0 Å². The van der Waals surface area contributed by atoms with Crippen molar-refractivity contribution >= 4 is 6.21 Å². The average Bonchev–Trinajstić information content (AvgIpc) is 3.01. The lowest BCUT2D eigenvalue weighted by Gasteiger charge is -2.03. The van der Waals surface area contributed by atoms with E-state index in [0.717, 1.165) is 17.9 Å². The van der Waals surface area contributed by atoms with Crippen LogP contribution < -0.4 is 4.74 Å². The summed E-state index contributed by atoms with van der Waals surface area (Å²) in [5, 5.41) is 11.2. The van der Waals surface area contributed by atoms with Gasteiger partial charge in [0.15, 0.2) is 0 Å². The van der Waals surface area contributed by atoms with Crippen LogP contribution in [0.1, 0.15) is 5.56 Å². The SMILES string of the molecule is O/N=C/c1ccc(OCC2CO2)cc1. The summed E-state index contributed by atoms with van der Waals surface area (Å²) in [7, 11) is 0. The Morgan fingerprint density at radius 2 is 2.21 bits per heavy atom. The highest BCUT2D eigenvalue weighted by molar-refractivity contribution is 5.79. The highest BCUT2D eigenvalue weighted by Gasteiger charge is 2.22. The van der Waals surface area contributed by atoms with Crippen LogP contribution in [0.5, 0.6) is 5.75 Å². The molecule has 1 N–H and O–H groups in total. The summed E-state index contributed by atoms with van der Waals surface area (Å²) in [6, 6.07) is 7.31. The first-order valence-corrected chi connectivity index (χ1v) is 4.40. The molecule has 1 aliphatic rings. The second kappa shape index (κ2) is 4.11. The molecule has 1 fully saturated rings. The Kier molecular flexibility index (Phi) is 2.65. The normalized spacial score (nSPS) is 19.9. The molecule has 1 heterocycles. The van der Waals surface area contributed by atoms with Crippen molar-refractivity contribution in [2.24, 2.45) is 5.16 Å². The monoisotopic (exact) mass is 193 g/mol. The van der Waals surface area contributed by atoms with Gasteiger partial charge in [-0.25, -0.2) is 0 Å². The second-order valence-electron chi connectivity index (χ2n) is 3.08. The highest BCUT2D eigenvalue weighted by Crippen LogP contribution is 2.15. The zero-order valence-electron chi connectivity index (χ0n) is 7.59. The number of hydrogen-bond donors (Lipinski definition) is 1. The summed E-state index contributed by atoms with van der Waals surface area (Å²) in [5.74, 6) is 0.801. The van der Waals surface area contributed by atoms with Crippen LogP contribution in [-0.4, -0.2) is 30.7 Å². The zero-order valence-corrected chi connectivity index (χ0v) is 7.59. The molecule has 0 radical (unpaired) electrons. The first-order chi connectivity index (χ1) is 6.88. The molecule has 74 valence electrons. The number of benzene rings is 1. The lowest BCUT2D eigenvalue weighted by Crippen LogP contribution is -2.03. The van der Waals surface area contributed by atoms with Gasteiger partial charge in [0.1, 0.15) is 18.5 Å². The Morgan fingerprint density at radius 1 is 1.50 bits per heavy atom. The maximum Gasteiger partial charge on any atom is 0.119 e. The third kappa shape index (κ3) is 2.47. The molecular formula is C10H11NO3. The number of rotatable bonds is 4. The van der Waals surface area contributed by atoms with Crippen molar-refractivity contribution in [3.63, 3.8) is 0 Å². The second-order valence-corrected chi connectivity index (χ2v) is 3.08. The van der Waals surface area contributed by atoms with E-state index >= 15 is 0 Å². The van der Waals surface area contributed by atoms with Crippen LogP contribution in [0, 0.1) is 0 Å². The molecule has 0 aromatic heterocycles. The van der Waals surface area contributed by atoms with Gasteiger partial charge in [-0.05, 0) is 29.8 Å². The van der Waals surface area contributed by atoms with Crippen LogP contribution >= 0.6 is 0 Å². The van der Waals surface area contributed by atoms with Gasteiger partial charge in [-0.2, -0.15) is 0 Å². The molecule has 1 aromatic carbocycles. The third-order valence-electron chi connectivity index (χ3n) is 1.93. The van der Waals surface area contributed by atoms with Gasteiger partial charge in [-0.1, -0.05) is 5.16 Å². The molecule has 4 nitrogen and oxygen atoms in total. The average molecular weight is 193 g/mol. The maximum atomic E-state index is 8.30. The molecule has 2 rings (SSSR count). The molecule has 1 aromatic rings. The Labute approximate surface area is 81.8 Å². The van der Waals surface area contributed by atoms with Gasteiger partial charge in [-0.3, -0.25) is 0 Å². The molecule has 0 amide bonds. The molecule has 14 heavy (non-hydrogen) atoms. The lowest BCUT2D eigenvalue weighted by molar-refractivity contribution is 0.263. The molecule has 0 aliphatic carbocycles. The van der Waals surface area contributed by atoms with E-state index in [2.05, 4.69) is 5.16 Å². The summed E-state index contributed by atoms with van der Waals surface area (Å²) >= 11 is 0. The summed E-state index contributed by atoms with van der Waals surface area (Å²) in [6.07, 6.45) is 1.64. The molecule has 1 atom stereocenters. The molecule has 1 saturated heterocycles. The Balaban J connectivity index is 1.91. The molecule has 1 unspecified atom stereocenters. The largest absolute Gasteiger partial charge is 0.491 e. The van der Waals surface area contributed by atoms with Crippen LogP contribution in [0.4, 0.5) is 0 Å². The fourth-order valence-corrected chi connectivity index (χ4v) is 1.07. The van der Waals surface area contributed by atoms with Crippen molar-refractivity contribution < 1.29 is 14.7 Å². The van der Waals surface area contributed by atoms with Crippen LogP contribution in [0.2, 0.25) is 0 Å². The minimum absolute atomic E-state index is 0.272. The van der Waals surface area contributed by atoms with Gasteiger partial charge in [0.05, 0.1) is 12.8 Å². The van der Waals surface area contributed by atoms with Gasteiger partial charge in [0.25, 0.3) is 0 Å². The molecule has 0 bridgehead atoms. The van der Waals surface area contributed by atoms with Crippen molar-refractivity contribution in [3.05, 3.63) is 29.8 Å². The Morgan fingerprint density at radius 3 is 2.79 bits per heavy atom. The van der Waals surface area contributed by atoms with Gasteiger partial charge in [0, 0.05) is 0 Å². The Hall–Kier alpha value is -1.55. The van der Waals surface area contributed by atoms with E-state index in [4.69, 9.17) is 14.7 Å². The predicted molar refractivity (Wildman–Crippen MR) is 51.1 cm³/mol. The first kappa shape index (κ1) is 9.02. The predicted octanol–water partition coefficient (Wildman–Crippen LogP) is 1.27. The smallest absolute Gasteiger partial charge is 0.119 e. The third-order valence-corrected chi connectivity index (χ3v) is 1.93.